The van der Waals surface area contributed by atoms with Gasteiger partial charge in [0, 0.05) is 37.4 Å². The van der Waals surface area contributed by atoms with Crippen LogP contribution in [0.5, 0.6) is 17.2 Å². The minimum Gasteiger partial charge on any atom is -0.496 e. The lowest BCUT2D eigenvalue weighted by molar-refractivity contribution is -0.129. The molecule has 194 valence electrons. The largest absolute Gasteiger partial charge is 0.496 e. The van der Waals surface area contributed by atoms with Crippen LogP contribution in [0.1, 0.15) is 10.4 Å². The van der Waals surface area contributed by atoms with Gasteiger partial charge in [-0.2, -0.15) is 0 Å². The lowest BCUT2D eigenvalue weighted by Gasteiger charge is -2.34. The first kappa shape index (κ1) is 26.6. The predicted molar refractivity (Wildman–Crippen MR) is 130 cm³/mol. The Kier molecular flexibility index (Phi) is 8.22. The van der Waals surface area contributed by atoms with E-state index in [4.69, 9.17) is 22.6 Å². The molecule has 0 aromatic heterocycles. The number of likely N-dealkylation sites (N-methyl/N-ethyl adjacent to an activating group) is 1. The third kappa shape index (κ3) is 5.78. The fraction of sp³-hybridized carbons (Fsp3) is 0.318. The summed E-state index contributed by atoms with van der Waals surface area (Å²) in [6.07, 6.45) is 1.75. The second kappa shape index (κ2) is 11.1. The van der Waals surface area contributed by atoms with Crippen molar-refractivity contribution in [3.63, 3.8) is 0 Å². The highest BCUT2D eigenvalue weighted by atomic mass is 32.3. The van der Waals surface area contributed by atoms with Crippen LogP contribution in [0.15, 0.2) is 40.4 Å². The predicted octanol–water partition coefficient (Wildman–Crippen LogP) is 0.622. The van der Waals surface area contributed by atoms with Crippen LogP contribution in [0, 0.1) is 0 Å². The lowest BCUT2D eigenvalue weighted by Crippen LogP contribution is -2.35. The maximum atomic E-state index is 13.4. The number of nitrogens with one attached hydrogen (secondary N) is 2. The highest BCUT2D eigenvalue weighted by molar-refractivity contribution is 8.41. The van der Waals surface area contributed by atoms with E-state index in [1.807, 2.05) is 19.0 Å². The second-order valence-corrected chi connectivity index (χ2v) is 9.57. The third-order valence-electron chi connectivity index (χ3n) is 4.77. The van der Waals surface area contributed by atoms with E-state index >= 15 is 0 Å². The average molecular weight is 523 g/mol. The smallest absolute Gasteiger partial charge is 0.354 e. The lowest BCUT2D eigenvalue weighted by atomic mass is 10.1. The fourth-order valence-electron chi connectivity index (χ4n) is 3.06. The number of carbonyl (C=O) groups is 4. The first-order chi connectivity index (χ1) is 17.1. The van der Waals surface area contributed by atoms with Crippen LogP contribution >= 0.6 is 10.6 Å². The van der Waals surface area contributed by atoms with E-state index in [-0.39, 0.29) is 27.9 Å². The Balaban J connectivity index is 1.99. The van der Waals surface area contributed by atoms with Crippen LogP contribution < -0.4 is 24.8 Å². The van der Waals surface area contributed by atoms with Gasteiger partial charge in [-0.25, -0.2) is 14.6 Å². The third-order valence-corrected chi connectivity index (χ3v) is 6.86. The summed E-state index contributed by atoms with van der Waals surface area (Å²) in [4.78, 5) is 56.5. The molecule has 14 heteroatoms. The molecule has 2 aliphatic heterocycles. The molecule has 1 aromatic carbocycles. The number of ether oxygens (including phenoxy) is 3. The van der Waals surface area contributed by atoms with E-state index in [1.165, 1.54) is 33.5 Å². The summed E-state index contributed by atoms with van der Waals surface area (Å²) in [6, 6.07) is 2.93. The zero-order valence-corrected chi connectivity index (χ0v) is 21.1. The van der Waals surface area contributed by atoms with E-state index in [0.29, 0.717) is 18.8 Å². The summed E-state index contributed by atoms with van der Waals surface area (Å²) < 4.78 is 26.6. The Hall–Kier alpha value is -4.04. The zero-order chi connectivity index (χ0) is 26.5. The molecule has 0 unspecified atom stereocenters. The summed E-state index contributed by atoms with van der Waals surface area (Å²) in [5.41, 5.74) is -0.235. The number of aliphatic imine (C=N–C) groups is 1. The molecule has 2 amide bonds. The molecule has 0 radical (unpaired) electrons. The van der Waals surface area contributed by atoms with Gasteiger partial charge in [0.25, 0.3) is 11.8 Å². The van der Waals surface area contributed by atoms with Gasteiger partial charge in [-0.05, 0) is 24.7 Å². The van der Waals surface area contributed by atoms with Crippen molar-refractivity contribution in [2.75, 3.05) is 48.5 Å². The number of rotatable bonds is 8. The molecule has 0 atom stereocenters. The number of amides is 2. The SMILES string of the molecule is COc1cc(OC)c(C(=O)NC2=NC(C(=O)NCCN(C)C)=CS23OC(=O)C=CC(=O)O3)c(OC)c1. The van der Waals surface area contributed by atoms with Gasteiger partial charge < -0.3 is 32.8 Å². The quantitative estimate of drug-likeness (QED) is 0.497. The molecule has 0 bridgehead atoms. The summed E-state index contributed by atoms with van der Waals surface area (Å²) >= 11 is 0. The molecule has 1 spiro atoms. The molecule has 0 saturated heterocycles. The Morgan fingerprint density at radius 1 is 0.972 bits per heavy atom. The topological polar surface area (TPSA) is 154 Å². The van der Waals surface area contributed by atoms with Crippen LogP contribution in [0.4, 0.5) is 0 Å². The number of amidine groups is 1. The molecular formula is C22H26N4O9S. The minimum atomic E-state index is -3.41. The van der Waals surface area contributed by atoms with Gasteiger partial charge in [-0.3, -0.25) is 14.9 Å². The van der Waals surface area contributed by atoms with Gasteiger partial charge in [0.15, 0.2) is 0 Å². The molecular weight excluding hydrogens is 496 g/mol. The van der Waals surface area contributed by atoms with Crippen molar-refractivity contribution in [1.29, 1.82) is 0 Å². The number of hydrogen-bond acceptors (Lipinski definition) is 11. The van der Waals surface area contributed by atoms with E-state index < -0.39 is 34.3 Å². The molecule has 13 nitrogen and oxygen atoms in total. The van der Waals surface area contributed by atoms with E-state index in [9.17, 15) is 19.2 Å². The average Bonchev–Trinajstić information content (AvgIpc) is 3.09. The normalized spacial score (nSPS) is 16.8. The Morgan fingerprint density at radius 3 is 2.06 bits per heavy atom. The minimum absolute atomic E-state index is 0.0358. The Morgan fingerprint density at radius 2 is 1.56 bits per heavy atom. The molecule has 2 N–H and O–H groups in total. The van der Waals surface area contributed by atoms with Gasteiger partial charge in [0.2, 0.25) is 5.17 Å². The first-order valence-electron chi connectivity index (χ1n) is 10.5. The van der Waals surface area contributed by atoms with Crippen LogP contribution in [-0.4, -0.2) is 82.3 Å². The molecule has 0 fully saturated rings. The van der Waals surface area contributed by atoms with Crippen LogP contribution in [0.3, 0.4) is 0 Å². The summed E-state index contributed by atoms with van der Waals surface area (Å²) in [5.74, 6) is -2.64. The van der Waals surface area contributed by atoms with E-state index in [0.717, 1.165) is 17.6 Å². The maximum Gasteiger partial charge on any atom is 0.354 e. The Labute approximate surface area is 208 Å². The highest BCUT2D eigenvalue weighted by Gasteiger charge is 2.42. The molecule has 36 heavy (non-hydrogen) atoms. The molecule has 2 heterocycles. The van der Waals surface area contributed by atoms with Crippen LogP contribution in [0.2, 0.25) is 0 Å². The van der Waals surface area contributed by atoms with Crippen molar-refractivity contribution >= 4 is 39.5 Å². The van der Waals surface area contributed by atoms with Crippen LogP contribution in [0.25, 0.3) is 0 Å². The van der Waals surface area contributed by atoms with E-state index in [1.54, 1.807) is 0 Å². The van der Waals surface area contributed by atoms with Crippen molar-refractivity contribution in [3.05, 3.63) is 41.0 Å². The molecule has 1 aromatic rings. The van der Waals surface area contributed by atoms with Gasteiger partial charge in [-0.1, -0.05) is 0 Å². The molecule has 0 aliphatic carbocycles. The van der Waals surface area contributed by atoms with Gasteiger partial charge in [-0.15, -0.1) is 0 Å². The van der Waals surface area contributed by atoms with E-state index in [2.05, 4.69) is 15.6 Å². The van der Waals surface area contributed by atoms with Crippen molar-refractivity contribution in [2.45, 2.75) is 0 Å². The molecule has 3 rings (SSSR count). The van der Waals surface area contributed by atoms with Crippen molar-refractivity contribution < 1.29 is 41.8 Å². The van der Waals surface area contributed by atoms with Crippen molar-refractivity contribution in [1.82, 2.24) is 15.5 Å². The highest BCUT2D eigenvalue weighted by Crippen LogP contribution is 2.58. The van der Waals surface area contributed by atoms with Crippen LogP contribution in [-0.2, 0) is 22.7 Å². The first-order valence-corrected chi connectivity index (χ1v) is 12.0. The number of carbonyl (C=O) groups excluding carboxylic acids is 4. The number of nitrogens with zero attached hydrogens (tertiary/aromatic N) is 2. The van der Waals surface area contributed by atoms with Crippen molar-refractivity contribution in [3.8, 4) is 17.2 Å². The summed E-state index contributed by atoms with van der Waals surface area (Å²) in [7, 11) is 4.40. The van der Waals surface area contributed by atoms with Gasteiger partial charge >= 0.3 is 11.9 Å². The molecule has 2 aliphatic rings. The summed E-state index contributed by atoms with van der Waals surface area (Å²) in [6.45, 7) is 0.847. The van der Waals surface area contributed by atoms with Gasteiger partial charge in [0.05, 0.1) is 26.7 Å². The Bertz CT molecular complexity index is 1130. The maximum absolute atomic E-state index is 13.4. The monoisotopic (exact) mass is 522 g/mol. The second-order valence-electron chi connectivity index (χ2n) is 7.52. The molecule has 0 saturated carbocycles. The summed E-state index contributed by atoms with van der Waals surface area (Å²) in [5, 5.41) is 5.95. The number of methoxy groups -OCH3 is 3. The van der Waals surface area contributed by atoms with Crippen molar-refractivity contribution in [2.24, 2.45) is 4.99 Å². The van der Waals surface area contributed by atoms with Gasteiger partial charge in [0.1, 0.15) is 28.5 Å². The fourth-order valence-corrected chi connectivity index (χ4v) is 4.97. The standard InChI is InChI=1S/C22H26N4O9S/c1-26(2)9-8-23-20(29)14-12-36(34-17(27)6-7-18(28)35-36)22(24-14)25-21(30)19-15(32-4)10-13(31-3)11-16(19)33-5/h6-7,10-12H,8-9H2,1-5H3,(H,23,29)(H,24,25,30). The number of benzene rings is 1. The zero-order valence-electron chi connectivity index (χ0n) is 20.3. The number of hydrogen-bond donors (Lipinski definition) is 2.